The lowest BCUT2D eigenvalue weighted by atomic mass is 9.97. The first-order valence-corrected chi connectivity index (χ1v) is 8.48. The van der Waals surface area contributed by atoms with E-state index in [9.17, 15) is 13.6 Å². The summed E-state index contributed by atoms with van der Waals surface area (Å²) in [6, 6.07) is 3.38. The van der Waals surface area contributed by atoms with Gasteiger partial charge in [0, 0.05) is 18.3 Å². The molecule has 2 aliphatic carbocycles. The summed E-state index contributed by atoms with van der Waals surface area (Å²) in [6.45, 7) is 6.64. The number of benzene rings is 1. The van der Waals surface area contributed by atoms with Crippen LogP contribution >= 0.6 is 0 Å². The molecule has 126 valence electrons. The first kappa shape index (κ1) is 15.6. The van der Waals surface area contributed by atoms with Crippen molar-refractivity contribution >= 4 is 5.91 Å². The Bertz CT molecular complexity index is 850. The van der Waals surface area contributed by atoms with Gasteiger partial charge >= 0.3 is 0 Å². The molecule has 1 saturated carbocycles. The van der Waals surface area contributed by atoms with Crippen LogP contribution in [0.3, 0.4) is 0 Å². The number of aromatic nitrogens is 1. The fourth-order valence-corrected chi connectivity index (χ4v) is 4.56. The molecule has 1 heterocycles. The third-order valence-corrected chi connectivity index (χ3v) is 6.01. The zero-order valence-corrected chi connectivity index (χ0v) is 14.2. The molecule has 24 heavy (non-hydrogen) atoms. The second-order valence-corrected chi connectivity index (χ2v) is 7.78. The van der Waals surface area contributed by atoms with Gasteiger partial charge < -0.3 is 0 Å². The van der Waals surface area contributed by atoms with E-state index in [0.717, 1.165) is 24.2 Å². The summed E-state index contributed by atoms with van der Waals surface area (Å²) in [5.41, 5.74) is 4.25. The molecular formula is C20H21F2NO. The molecule has 4 heteroatoms. The molecule has 1 aromatic carbocycles. The van der Waals surface area contributed by atoms with Gasteiger partial charge in [-0.25, -0.2) is 8.78 Å². The monoisotopic (exact) mass is 329 g/mol. The molecule has 0 aliphatic heterocycles. The summed E-state index contributed by atoms with van der Waals surface area (Å²) in [4.78, 5) is 12.6. The van der Waals surface area contributed by atoms with Gasteiger partial charge in [-0.2, -0.15) is 0 Å². The molecule has 1 aromatic heterocycles. The highest BCUT2D eigenvalue weighted by atomic mass is 19.1. The van der Waals surface area contributed by atoms with Crippen LogP contribution in [0.2, 0.25) is 0 Å². The molecule has 0 bridgehead atoms. The molecule has 2 atom stereocenters. The minimum Gasteiger partial charge on any atom is -0.291 e. The van der Waals surface area contributed by atoms with Crippen LogP contribution in [0.5, 0.6) is 0 Å². The molecule has 0 radical (unpaired) electrons. The minimum atomic E-state index is -0.473. The van der Waals surface area contributed by atoms with Gasteiger partial charge in [-0.15, -0.1) is 0 Å². The zero-order valence-electron chi connectivity index (χ0n) is 14.2. The third kappa shape index (κ3) is 2.15. The fraction of sp³-hybridized carbons (Fsp3) is 0.450. The van der Waals surface area contributed by atoms with E-state index in [-0.39, 0.29) is 24.3 Å². The number of hydrogen-bond acceptors (Lipinski definition) is 1. The summed E-state index contributed by atoms with van der Waals surface area (Å²) in [5, 5.41) is 0. The summed E-state index contributed by atoms with van der Waals surface area (Å²) >= 11 is 0. The highest BCUT2D eigenvalue weighted by Gasteiger charge is 2.63. The van der Waals surface area contributed by atoms with Crippen molar-refractivity contribution in [3.63, 3.8) is 0 Å². The van der Waals surface area contributed by atoms with E-state index in [2.05, 4.69) is 20.8 Å². The van der Waals surface area contributed by atoms with Crippen LogP contribution in [-0.2, 0) is 12.8 Å². The van der Waals surface area contributed by atoms with E-state index in [4.69, 9.17) is 0 Å². The topological polar surface area (TPSA) is 22.0 Å². The predicted octanol–water partition coefficient (Wildman–Crippen LogP) is 4.64. The van der Waals surface area contributed by atoms with Crippen molar-refractivity contribution in [1.29, 1.82) is 0 Å². The fourth-order valence-electron chi connectivity index (χ4n) is 4.56. The Labute approximate surface area is 140 Å². The van der Waals surface area contributed by atoms with Crippen LogP contribution < -0.4 is 0 Å². The van der Waals surface area contributed by atoms with Crippen LogP contribution in [-0.4, -0.2) is 10.5 Å². The molecular weight excluding hydrogens is 308 g/mol. The smallest absolute Gasteiger partial charge is 0.231 e. The first-order chi connectivity index (χ1) is 11.3. The molecule has 2 aliphatic rings. The van der Waals surface area contributed by atoms with Crippen molar-refractivity contribution in [3.05, 3.63) is 58.4 Å². The van der Waals surface area contributed by atoms with Gasteiger partial charge in [-0.05, 0) is 71.9 Å². The van der Waals surface area contributed by atoms with E-state index in [1.165, 1.54) is 17.2 Å². The molecule has 2 nitrogen and oxygen atoms in total. The molecule has 0 unspecified atom stereocenters. The quantitative estimate of drug-likeness (QED) is 0.804. The molecule has 0 saturated heterocycles. The summed E-state index contributed by atoms with van der Waals surface area (Å²) in [5.74, 6) is 0.242. The van der Waals surface area contributed by atoms with Crippen LogP contribution in [0.15, 0.2) is 24.4 Å². The molecule has 2 aromatic rings. The number of aryl methyl sites for hydroxylation is 2. The average Bonchev–Trinajstić information content (AvgIpc) is 2.87. The lowest BCUT2D eigenvalue weighted by Crippen LogP contribution is -2.15. The largest absolute Gasteiger partial charge is 0.291 e. The standard InChI is InChI=1S/C20H21F2NO/c1-11-10-23(16-9-14-19(18(11)16)20(14,2)3)17(24)7-4-12-8-13(21)5-6-15(12)22/h5-6,8,10,14,19H,4,7,9H2,1-3H3/t14-,19-/m1/s1. The van der Waals surface area contributed by atoms with E-state index in [1.807, 2.05) is 6.20 Å². The normalized spacial score (nSPS) is 23.0. The summed E-state index contributed by atoms with van der Waals surface area (Å²) < 4.78 is 28.7. The second-order valence-electron chi connectivity index (χ2n) is 7.78. The van der Waals surface area contributed by atoms with E-state index in [0.29, 0.717) is 17.3 Å². The second kappa shape index (κ2) is 5.01. The SMILES string of the molecule is Cc1cn(C(=O)CCc2cc(F)ccc2F)c2c1[C@H]1[C@@H](C2)C1(C)C. The Morgan fingerprint density at radius 3 is 2.83 bits per heavy atom. The van der Waals surface area contributed by atoms with Crippen LogP contribution in [0.1, 0.15) is 53.4 Å². The van der Waals surface area contributed by atoms with Gasteiger partial charge in [0.15, 0.2) is 0 Å². The average molecular weight is 329 g/mol. The van der Waals surface area contributed by atoms with Crippen molar-refractivity contribution in [3.8, 4) is 0 Å². The molecule has 0 N–H and O–H groups in total. The van der Waals surface area contributed by atoms with Gasteiger partial charge in [-0.1, -0.05) is 13.8 Å². The third-order valence-electron chi connectivity index (χ3n) is 6.01. The summed E-state index contributed by atoms with van der Waals surface area (Å²) in [7, 11) is 0. The predicted molar refractivity (Wildman–Crippen MR) is 88.2 cm³/mol. The molecule has 0 spiro atoms. The zero-order chi connectivity index (χ0) is 17.2. The van der Waals surface area contributed by atoms with Gasteiger partial charge in [0.2, 0.25) is 5.91 Å². The Kier molecular flexibility index (Phi) is 3.25. The molecule has 4 rings (SSSR count). The lowest BCUT2D eigenvalue weighted by Gasteiger charge is -2.12. The van der Waals surface area contributed by atoms with E-state index in [1.54, 1.807) is 4.57 Å². The van der Waals surface area contributed by atoms with Crippen molar-refractivity contribution < 1.29 is 13.6 Å². The highest BCUT2D eigenvalue weighted by Crippen LogP contribution is 2.70. The molecule has 1 fully saturated rings. The minimum absolute atomic E-state index is 0.0397. The maximum atomic E-state index is 13.7. The van der Waals surface area contributed by atoms with Gasteiger partial charge in [0.1, 0.15) is 11.6 Å². The van der Waals surface area contributed by atoms with Crippen LogP contribution in [0.4, 0.5) is 8.78 Å². The van der Waals surface area contributed by atoms with Crippen LogP contribution in [0.25, 0.3) is 0 Å². The number of hydrogen-bond donors (Lipinski definition) is 0. The maximum absolute atomic E-state index is 13.7. The number of rotatable bonds is 3. The van der Waals surface area contributed by atoms with Gasteiger partial charge in [-0.3, -0.25) is 9.36 Å². The van der Waals surface area contributed by atoms with Crippen molar-refractivity contribution in [1.82, 2.24) is 4.57 Å². The first-order valence-electron chi connectivity index (χ1n) is 8.48. The van der Waals surface area contributed by atoms with Crippen molar-refractivity contribution in [2.75, 3.05) is 0 Å². The van der Waals surface area contributed by atoms with Gasteiger partial charge in [0.05, 0.1) is 0 Å². The Hall–Kier alpha value is -1.97. The van der Waals surface area contributed by atoms with Crippen LogP contribution in [0, 0.1) is 29.9 Å². The Morgan fingerprint density at radius 1 is 1.33 bits per heavy atom. The van der Waals surface area contributed by atoms with Crippen molar-refractivity contribution in [2.24, 2.45) is 11.3 Å². The number of nitrogens with zero attached hydrogens (tertiary/aromatic N) is 1. The Morgan fingerprint density at radius 2 is 2.08 bits per heavy atom. The Balaban J connectivity index is 1.54. The van der Waals surface area contributed by atoms with Gasteiger partial charge in [0.25, 0.3) is 0 Å². The maximum Gasteiger partial charge on any atom is 0.231 e. The van der Waals surface area contributed by atoms with Crippen molar-refractivity contribution in [2.45, 2.75) is 46.0 Å². The van der Waals surface area contributed by atoms with E-state index >= 15 is 0 Å². The number of carbonyl (C=O) groups excluding carboxylic acids is 1. The number of carbonyl (C=O) groups is 1. The molecule has 0 amide bonds. The van der Waals surface area contributed by atoms with E-state index < -0.39 is 11.6 Å². The lowest BCUT2D eigenvalue weighted by molar-refractivity contribution is 0.0899. The highest BCUT2D eigenvalue weighted by molar-refractivity contribution is 5.81. The number of fused-ring (bicyclic) bond motifs is 3. The summed E-state index contributed by atoms with van der Waals surface area (Å²) in [6.07, 6.45) is 3.26. The number of halogens is 2.